The van der Waals surface area contributed by atoms with Crippen LogP contribution in [0.5, 0.6) is 0 Å². The fourth-order valence-corrected chi connectivity index (χ4v) is 1.92. The zero-order valence-corrected chi connectivity index (χ0v) is 7.40. The summed E-state index contributed by atoms with van der Waals surface area (Å²) in [7, 11) is 1.77. The third-order valence-electron chi connectivity index (χ3n) is 2.43. The summed E-state index contributed by atoms with van der Waals surface area (Å²) in [5.41, 5.74) is 0. The molecule has 0 N–H and O–H groups in total. The van der Waals surface area contributed by atoms with E-state index >= 15 is 0 Å². The first kappa shape index (κ1) is 8.35. The van der Waals surface area contributed by atoms with Gasteiger partial charge in [-0.1, -0.05) is 6.92 Å². The molecule has 3 unspecified atom stereocenters. The van der Waals surface area contributed by atoms with Gasteiger partial charge in [0.1, 0.15) is 0 Å². The fourth-order valence-electron chi connectivity index (χ4n) is 1.61. The maximum Gasteiger partial charge on any atom is 0.0610 e. The molecular formula is C8H15ClO. The number of halogens is 1. The summed E-state index contributed by atoms with van der Waals surface area (Å²) >= 11 is 6.06. The Morgan fingerprint density at radius 3 is 2.60 bits per heavy atom. The molecule has 1 saturated carbocycles. The van der Waals surface area contributed by atoms with Crippen LogP contribution in [0.3, 0.4) is 0 Å². The maximum absolute atomic E-state index is 6.06. The molecule has 0 aromatic rings. The van der Waals surface area contributed by atoms with Crippen molar-refractivity contribution >= 4 is 11.6 Å². The van der Waals surface area contributed by atoms with Gasteiger partial charge >= 0.3 is 0 Å². The highest BCUT2D eigenvalue weighted by molar-refractivity contribution is 6.20. The van der Waals surface area contributed by atoms with Crippen LogP contribution in [0.25, 0.3) is 0 Å². The standard InChI is InChI=1S/C8H15ClO/c1-6-7(9)4-3-5-8(6)10-2/h6-8H,3-5H2,1-2H3. The van der Waals surface area contributed by atoms with Crippen molar-refractivity contribution in [2.75, 3.05) is 7.11 Å². The highest BCUT2D eigenvalue weighted by Gasteiger charge is 2.27. The Hall–Kier alpha value is 0.250. The van der Waals surface area contributed by atoms with E-state index in [2.05, 4.69) is 6.92 Å². The van der Waals surface area contributed by atoms with Gasteiger partial charge in [0.05, 0.1) is 6.10 Å². The second-order valence-corrected chi connectivity index (χ2v) is 3.64. The Kier molecular flexibility index (Phi) is 2.99. The number of hydrogen-bond acceptors (Lipinski definition) is 1. The lowest BCUT2D eigenvalue weighted by Gasteiger charge is -2.31. The van der Waals surface area contributed by atoms with Gasteiger partial charge in [-0.25, -0.2) is 0 Å². The molecule has 0 aromatic carbocycles. The van der Waals surface area contributed by atoms with E-state index in [-0.39, 0.29) is 0 Å². The first-order valence-corrected chi connectivity index (χ1v) is 4.36. The molecule has 0 aromatic heterocycles. The molecule has 60 valence electrons. The zero-order valence-electron chi connectivity index (χ0n) is 6.64. The van der Waals surface area contributed by atoms with Gasteiger partial charge in [-0.3, -0.25) is 0 Å². The summed E-state index contributed by atoms with van der Waals surface area (Å²) in [4.78, 5) is 0. The van der Waals surface area contributed by atoms with E-state index in [4.69, 9.17) is 16.3 Å². The molecule has 1 nitrogen and oxygen atoms in total. The predicted molar refractivity (Wildman–Crippen MR) is 43.5 cm³/mol. The molecule has 1 aliphatic carbocycles. The third kappa shape index (κ3) is 1.64. The average molecular weight is 163 g/mol. The summed E-state index contributed by atoms with van der Waals surface area (Å²) in [6.45, 7) is 2.17. The lowest BCUT2D eigenvalue weighted by Crippen LogP contribution is -2.32. The summed E-state index contributed by atoms with van der Waals surface area (Å²) in [6.07, 6.45) is 3.96. The number of alkyl halides is 1. The van der Waals surface area contributed by atoms with E-state index in [1.807, 2.05) is 0 Å². The van der Waals surface area contributed by atoms with Crippen LogP contribution in [-0.4, -0.2) is 18.6 Å². The quantitative estimate of drug-likeness (QED) is 0.539. The minimum absolute atomic E-state index is 0.332. The van der Waals surface area contributed by atoms with E-state index in [9.17, 15) is 0 Å². The van der Waals surface area contributed by atoms with Crippen LogP contribution in [0.2, 0.25) is 0 Å². The molecular weight excluding hydrogens is 148 g/mol. The van der Waals surface area contributed by atoms with E-state index in [1.54, 1.807) is 7.11 Å². The molecule has 0 amide bonds. The molecule has 0 saturated heterocycles. The normalized spacial score (nSPS) is 41.7. The SMILES string of the molecule is COC1CCCC(Cl)C1C. The summed E-state index contributed by atoms with van der Waals surface area (Å²) in [6, 6.07) is 0. The lowest BCUT2D eigenvalue weighted by atomic mass is 9.87. The van der Waals surface area contributed by atoms with Crippen LogP contribution in [0.4, 0.5) is 0 Å². The second kappa shape index (κ2) is 3.59. The average Bonchev–Trinajstić information content (AvgIpc) is 1.95. The van der Waals surface area contributed by atoms with Crippen LogP contribution in [0, 0.1) is 5.92 Å². The van der Waals surface area contributed by atoms with Gasteiger partial charge in [0, 0.05) is 12.5 Å². The molecule has 0 aliphatic heterocycles. The predicted octanol–water partition coefficient (Wildman–Crippen LogP) is 2.43. The monoisotopic (exact) mass is 162 g/mol. The van der Waals surface area contributed by atoms with Gasteiger partial charge in [-0.15, -0.1) is 11.6 Å². The summed E-state index contributed by atoms with van der Waals surface area (Å²) in [5, 5.41) is 0.332. The Labute approximate surface area is 67.7 Å². The summed E-state index contributed by atoms with van der Waals surface area (Å²) < 4.78 is 5.29. The van der Waals surface area contributed by atoms with Crippen molar-refractivity contribution in [2.24, 2.45) is 5.92 Å². The van der Waals surface area contributed by atoms with Crippen molar-refractivity contribution in [3.05, 3.63) is 0 Å². The van der Waals surface area contributed by atoms with Crippen molar-refractivity contribution in [3.63, 3.8) is 0 Å². The van der Waals surface area contributed by atoms with E-state index in [1.165, 1.54) is 12.8 Å². The molecule has 0 spiro atoms. The van der Waals surface area contributed by atoms with Crippen molar-refractivity contribution in [2.45, 2.75) is 37.7 Å². The van der Waals surface area contributed by atoms with Crippen LogP contribution in [-0.2, 0) is 4.74 Å². The number of ether oxygens (including phenoxy) is 1. The molecule has 3 atom stereocenters. The number of methoxy groups -OCH3 is 1. The zero-order chi connectivity index (χ0) is 7.56. The Balaban J connectivity index is 2.42. The van der Waals surface area contributed by atoms with Crippen molar-refractivity contribution < 1.29 is 4.74 Å². The van der Waals surface area contributed by atoms with Gasteiger partial charge < -0.3 is 4.74 Å². The van der Waals surface area contributed by atoms with Gasteiger partial charge in [0.15, 0.2) is 0 Å². The molecule has 1 fully saturated rings. The van der Waals surface area contributed by atoms with Crippen molar-refractivity contribution in [1.82, 2.24) is 0 Å². The molecule has 1 rings (SSSR count). The molecule has 0 heterocycles. The van der Waals surface area contributed by atoms with Crippen LogP contribution < -0.4 is 0 Å². The molecule has 1 aliphatic rings. The molecule has 0 radical (unpaired) electrons. The lowest BCUT2D eigenvalue weighted by molar-refractivity contribution is 0.0330. The Bertz CT molecular complexity index is 105. The van der Waals surface area contributed by atoms with E-state index in [0.29, 0.717) is 17.4 Å². The largest absolute Gasteiger partial charge is 0.381 e. The Morgan fingerprint density at radius 1 is 1.40 bits per heavy atom. The molecule has 0 bridgehead atoms. The highest BCUT2D eigenvalue weighted by atomic mass is 35.5. The van der Waals surface area contributed by atoms with Crippen molar-refractivity contribution in [1.29, 1.82) is 0 Å². The molecule has 10 heavy (non-hydrogen) atoms. The third-order valence-corrected chi connectivity index (χ3v) is 3.04. The van der Waals surface area contributed by atoms with Gasteiger partial charge in [0.25, 0.3) is 0 Å². The summed E-state index contributed by atoms with van der Waals surface area (Å²) in [5.74, 6) is 0.528. The smallest absolute Gasteiger partial charge is 0.0610 e. The van der Waals surface area contributed by atoms with Gasteiger partial charge in [-0.05, 0) is 25.2 Å². The highest BCUT2D eigenvalue weighted by Crippen LogP contribution is 2.29. The fraction of sp³-hybridized carbons (Fsp3) is 1.00. The van der Waals surface area contributed by atoms with Gasteiger partial charge in [-0.2, -0.15) is 0 Å². The first-order chi connectivity index (χ1) is 4.75. The topological polar surface area (TPSA) is 9.23 Å². The molecule has 2 heteroatoms. The number of rotatable bonds is 1. The van der Waals surface area contributed by atoms with E-state index < -0.39 is 0 Å². The Morgan fingerprint density at radius 2 is 2.10 bits per heavy atom. The minimum atomic E-state index is 0.332. The second-order valence-electron chi connectivity index (χ2n) is 3.08. The van der Waals surface area contributed by atoms with Crippen molar-refractivity contribution in [3.8, 4) is 0 Å². The van der Waals surface area contributed by atoms with E-state index in [0.717, 1.165) is 6.42 Å². The van der Waals surface area contributed by atoms with Crippen LogP contribution in [0.15, 0.2) is 0 Å². The van der Waals surface area contributed by atoms with Gasteiger partial charge in [0.2, 0.25) is 0 Å². The minimum Gasteiger partial charge on any atom is -0.381 e. The van der Waals surface area contributed by atoms with Crippen LogP contribution in [0.1, 0.15) is 26.2 Å². The van der Waals surface area contributed by atoms with Crippen LogP contribution >= 0.6 is 11.6 Å². The first-order valence-electron chi connectivity index (χ1n) is 3.92. The number of hydrogen-bond donors (Lipinski definition) is 0. The maximum atomic E-state index is 6.06.